The lowest BCUT2D eigenvalue weighted by Gasteiger charge is -2.27. The highest BCUT2D eigenvalue weighted by Gasteiger charge is 2.25. The van der Waals surface area contributed by atoms with Gasteiger partial charge in [-0.15, -0.1) is 11.8 Å². The quantitative estimate of drug-likeness (QED) is 0.532. The Morgan fingerprint density at radius 1 is 0.969 bits per heavy atom. The molecular weight excluding hydrogens is 440 g/mol. The zero-order valence-corrected chi connectivity index (χ0v) is 19.7. The number of anilines is 1. The Hall–Kier alpha value is -2.51. The number of hydrogen-bond acceptors (Lipinski definition) is 4. The monoisotopic (exact) mass is 466 g/mol. The van der Waals surface area contributed by atoms with E-state index in [1.807, 2.05) is 35.4 Å². The van der Waals surface area contributed by atoms with E-state index < -0.39 is 10.0 Å². The van der Waals surface area contributed by atoms with Crippen molar-refractivity contribution < 1.29 is 13.2 Å². The van der Waals surface area contributed by atoms with Crippen molar-refractivity contribution in [2.24, 2.45) is 0 Å². The molecule has 1 heterocycles. The van der Waals surface area contributed by atoms with Gasteiger partial charge in [0.15, 0.2) is 0 Å². The SMILES string of the molecule is CSc1ccc(S(=O)(=O)Nc2ccc3c4c(cccc24)CC3)cc1C(=O)N1CCCCC1. The first-order chi connectivity index (χ1) is 15.5. The number of hydrogen-bond donors (Lipinski definition) is 1. The van der Waals surface area contributed by atoms with Crippen molar-refractivity contribution in [1.29, 1.82) is 0 Å². The Balaban J connectivity index is 1.51. The van der Waals surface area contributed by atoms with Gasteiger partial charge in [-0.2, -0.15) is 0 Å². The third kappa shape index (κ3) is 3.77. The van der Waals surface area contributed by atoms with Crippen molar-refractivity contribution in [3.63, 3.8) is 0 Å². The predicted molar refractivity (Wildman–Crippen MR) is 130 cm³/mol. The van der Waals surface area contributed by atoms with Crippen molar-refractivity contribution in [2.45, 2.75) is 41.9 Å². The van der Waals surface area contributed by atoms with Gasteiger partial charge in [-0.25, -0.2) is 8.42 Å². The molecule has 1 fully saturated rings. The third-order valence-electron chi connectivity index (χ3n) is 6.48. The Morgan fingerprint density at radius 2 is 1.72 bits per heavy atom. The fraction of sp³-hybridized carbons (Fsp3) is 0.320. The molecule has 0 aromatic heterocycles. The predicted octanol–water partition coefficient (Wildman–Crippen LogP) is 5.09. The minimum Gasteiger partial charge on any atom is -0.339 e. The van der Waals surface area contributed by atoms with Gasteiger partial charge in [0.1, 0.15) is 0 Å². The lowest BCUT2D eigenvalue weighted by molar-refractivity contribution is 0.0720. The van der Waals surface area contributed by atoms with E-state index in [-0.39, 0.29) is 10.8 Å². The van der Waals surface area contributed by atoms with Crippen LogP contribution in [0.1, 0.15) is 40.7 Å². The molecule has 1 aliphatic carbocycles. The average molecular weight is 467 g/mol. The first-order valence-corrected chi connectivity index (χ1v) is 13.7. The highest BCUT2D eigenvalue weighted by atomic mass is 32.2. The maximum Gasteiger partial charge on any atom is 0.261 e. The van der Waals surface area contributed by atoms with Crippen LogP contribution in [0.25, 0.3) is 10.8 Å². The number of thioether (sulfide) groups is 1. The maximum absolute atomic E-state index is 13.3. The Bertz CT molecular complexity index is 1300. The number of sulfonamides is 1. The van der Waals surface area contributed by atoms with Crippen molar-refractivity contribution >= 4 is 44.2 Å². The first kappa shape index (κ1) is 21.3. The van der Waals surface area contributed by atoms with Gasteiger partial charge in [-0.05, 0) is 79.1 Å². The van der Waals surface area contributed by atoms with Crippen LogP contribution in [0, 0.1) is 0 Å². The van der Waals surface area contributed by atoms with E-state index in [2.05, 4.69) is 10.8 Å². The third-order valence-corrected chi connectivity index (χ3v) is 8.64. The Labute approximate surface area is 193 Å². The summed E-state index contributed by atoms with van der Waals surface area (Å²) >= 11 is 1.46. The number of aryl methyl sites for hydroxylation is 2. The molecule has 166 valence electrons. The minimum absolute atomic E-state index is 0.0866. The molecule has 1 amide bonds. The average Bonchev–Trinajstić information content (AvgIpc) is 3.25. The van der Waals surface area contributed by atoms with Gasteiger partial charge >= 0.3 is 0 Å². The number of carbonyl (C=O) groups excluding carboxylic acids is 1. The maximum atomic E-state index is 13.3. The molecule has 5 rings (SSSR count). The number of piperidine rings is 1. The molecule has 3 aromatic rings. The van der Waals surface area contributed by atoms with Crippen LogP contribution in [0.4, 0.5) is 5.69 Å². The van der Waals surface area contributed by atoms with Gasteiger partial charge in [0.05, 0.1) is 16.1 Å². The van der Waals surface area contributed by atoms with Gasteiger partial charge in [0.2, 0.25) is 0 Å². The number of rotatable bonds is 5. The van der Waals surface area contributed by atoms with E-state index in [1.165, 1.54) is 29.0 Å². The Morgan fingerprint density at radius 3 is 2.47 bits per heavy atom. The van der Waals surface area contributed by atoms with E-state index in [4.69, 9.17) is 0 Å². The van der Waals surface area contributed by atoms with Crippen LogP contribution in [0.15, 0.2) is 58.3 Å². The van der Waals surface area contributed by atoms with Crippen LogP contribution in [0.5, 0.6) is 0 Å². The van der Waals surface area contributed by atoms with E-state index in [9.17, 15) is 13.2 Å². The van der Waals surface area contributed by atoms with Crippen LogP contribution < -0.4 is 4.72 Å². The molecule has 3 aromatic carbocycles. The number of amides is 1. The molecule has 0 unspecified atom stereocenters. The van der Waals surface area contributed by atoms with E-state index in [1.54, 1.807) is 12.1 Å². The molecule has 1 N–H and O–H groups in total. The molecular formula is C25H26N2O3S2. The number of likely N-dealkylation sites (tertiary alicyclic amines) is 1. The summed E-state index contributed by atoms with van der Waals surface area (Å²) in [5.74, 6) is -0.0866. The van der Waals surface area contributed by atoms with Gasteiger partial charge in [0, 0.05) is 23.4 Å². The molecule has 1 saturated heterocycles. The van der Waals surface area contributed by atoms with Gasteiger partial charge < -0.3 is 4.90 Å². The summed E-state index contributed by atoms with van der Waals surface area (Å²) in [6, 6.07) is 14.8. The summed E-state index contributed by atoms with van der Waals surface area (Å²) in [4.78, 5) is 15.9. The van der Waals surface area contributed by atoms with Crippen molar-refractivity contribution in [2.75, 3.05) is 24.1 Å². The number of carbonyl (C=O) groups is 1. The zero-order chi connectivity index (χ0) is 22.3. The van der Waals surface area contributed by atoms with Gasteiger partial charge in [-0.1, -0.05) is 24.3 Å². The van der Waals surface area contributed by atoms with E-state index in [0.29, 0.717) is 11.3 Å². The van der Waals surface area contributed by atoms with Crippen LogP contribution in [0.2, 0.25) is 0 Å². The molecule has 0 bridgehead atoms. The molecule has 0 radical (unpaired) electrons. The van der Waals surface area contributed by atoms with Crippen LogP contribution in [-0.2, 0) is 22.9 Å². The van der Waals surface area contributed by atoms with Crippen LogP contribution in [-0.4, -0.2) is 38.6 Å². The zero-order valence-electron chi connectivity index (χ0n) is 18.1. The molecule has 0 saturated carbocycles. The second-order valence-corrected chi connectivity index (χ2v) is 11.0. The highest BCUT2D eigenvalue weighted by molar-refractivity contribution is 7.98. The summed E-state index contributed by atoms with van der Waals surface area (Å²) in [6.07, 6.45) is 6.99. The summed E-state index contributed by atoms with van der Waals surface area (Å²) in [5.41, 5.74) is 3.56. The van der Waals surface area contributed by atoms with E-state index in [0.717, 1.165) is 60.9 Å². The smallest absolute Gasteiger partial charge is 0.261 e. The van der Waals surface area contributed by atoms with E-state index >= 15 is 0 Å². The summed E-state index contributed by atoms with van der Waals surface area (Å²) in [6.45, 7) is 1.45. The number of nitrogens with zero attached hydrogens (tertiary/aromatic N) is 1. The topological polar surface area (TPSA) is 66.5 Å². The van der Waals surface area contributed by atoms with Gasteiger partial charge in [-0.3, -0.25) is 9.52 Å². The van der Waals surface area contributed by atoms with Crippen LogP contribution >= 0.6 is 11.8 Å². The molecule has 7 heteroatoms. The van der Waals surface area contributed by atoms with Crippen LogP contribution in [0.3, 0.4) is 0 Å². The lowest BCUT2D eigenvalue weighted by atomic mass is 10.0. The number of nitrogens with one attached hydrogen (secondary N) is 1. The Kier molecular flexibility index (Phi) is 5.63. The summed E-state index contributed by atoms with van der Waals surface area (Å²) in [5, 5.41) is 2.08. The van der Waals surface area contributed by atoms with Crippen molar-refractivity contribution in [3.05, 3.63) is 65.2 Å². The fourth-order valence-electron chi connectivity index (χ4n) is 4.83. The second-order valence-electron chi connectivity index (χ2n) is 8.43. The second kappa shape index (κ2) is 8.45. The largest absolute Gasteiger partial charge is 0.339 e. The summed E-state index contributed by atoms with van der Waals surface area (Å²) < 4.78 is 29.5. The molecule has 32 heavy (non-hydrogen) atoms. The summed E-state index contributed by atoms with van der Waals surface area (Å²) in [7, 11) is -3.85. The highest BCUT2D eigenvalue weighted by Crippen LogP contribution is 2.36. The normalized spacial score (nSPS) is 15.8. The number of benzene rings is 3. The minimum atomic E-state index is -3.85. The van der Waals surface area contributed by atoms with Gasteiger partial charge in [0.25, 0.3) is 15.9 Å². The van der Waals surface area contributed by atoms with Crippen molar-refractivity contribution in [3.8, 4) is 0 Å². The molecule has 1 aliphatic heterocycles. The fourth-order valence-corrected chi connectivity index (χ4v) is 6.50. The first-order valence-electron chi connectivity index (χ1n) is 11.0. The molecule has 5 nitrogen and oxygen atoms in total. The molecule has 2 aliphatic rings. The standard InChI is InChI=1S/C25H26N2O3S2/c1-31-23-13-11-19(16-21(23)25(28)27-14-3-2-4-15-27)32(29,30)26-22-12-10-18-9-8-17-6-5-7-20(22)24(17)18/h5-7,10-13,16,26H,2-4,8-9,14-15H2,1H3. The van der Waals surface area contributed by atoms with Crippen molar-refractivity contribution in [1.82, 2.24) is 4.90 Å². The molecule has 0 spiro atoms. The lowest BCUT2D eigenvalue weighted by Crippen LogP contribution is -2.36. The molecule has 0 atom stereocenters.